The molecule has 1 fully saturated rings. The van der Waals surface area contributed by atoms with Crippen molar-refractivity contribution in [3.8, 4) is 0 Å². The zero-order valence-electron chi connectivity index (χ0n) is 13.5. The lowest BCUT2D eigenvalue weighted by Crippen LogP contribution is -2.29. The molecule has 0 N–H and O–H groups in total. The number of rotatable bonds is 6. The van der Waals surface area contributed by atoms with Gasteiger partial charge in [-0.2, -0.15) is 0 Å². The lowest BCUT2D eigenvalue weighted by atomic mass is 10.2. The molecule has 24 heavy (non-hydrogen) atoms. The molecule has 2 rings (SSSR count). The SMILES string of the molecule is CN(C)S(=O)(=O)c1cc(C(=O)OCCN2CCCC2=O)ccc1Br. The maximum Gasteiger partial charge on any atom is 0.338 e. The predicted octanol–water partition coefficient (Wildman–Crippen LogP) is 1.48. The molecule has 1 amide bonds. The summed E-state index contributed by atoms with van der Waals surface area (Å²) in [6.07, 6.45) is 1.36. The second-order valence-electron chi connectivity index (χ2n) is 5.55. The van der Waals surface area contributed by atoms with Gasteiger partial charge in [0.15, 0.2) is 0 Å². The smallest absolute Gasteiger partial charge is 0.338 e. The molecule has 9 heteroatoms. The molecule has 132 valence electrons. The third-order valence-corrected chi connectivity index (χ3v) is 6.50. The number of carbonyl (C=O) groups is 2. The fourth-order valence-electron chi connectivity index (χ4n) is 2.30. The van der Waals surface area contributed by atoms with Crippen LogP contribution in [0.15, 0.2) is 27.6 Å². The number of amides is 1. The Morgan fingerprint density at radius 3 is 2.67 bits per heavy atom. The van der Waals surface area contributed by atoms with Gasteiger partial charge >= 0.3 is 5.97 Å². The second kappa shape index (κ2) is 7.62. The largest absolute Gasteiger partial charge is 0.460 e. The Bertz CT molecular complexity index is 748. The van der Waals surface area contributed by atoms with Gasteiger partial charge in [-0.05, 0) is 40.5 Å². The van der Waals surface area contributed by atoms with Crippen LogP contribution in [0.25, 0.3) is 0 Å². The lowest BCUT2D eigenvalue weighted by Gasteiger charge is -2.16. The van der Waals surface area contributed by atoms with E-state index in [4.69, 9.17) is 4.74 Å². The Morgan fingerprint density at radius 2 is 2.08 bits per heavy atom. The first-order valence-electron chi connectivity index (χ1n) is 7.40. The summed E-state index contributed by atoms with van der Waals surface area (Å²) < 4.78 is 31.1. The summed E-state index contributed by atoms with van der Waals surface area (Å²) in [6.45, 7) is 1.11. The van der Waals surface area contributed by atoms with E-state index < -0.39 is 16.0 Å². The number of hydrogen-bond donors (Lipinski definition) is 0. The van der Waals surface area contributed by atoms with Gasteiger partial charge in [0.2, 0.25) is 15.9 Å². The van der Waals surface area contributed by atoms with E-state index in [9.17, 15) is 18.0 Å². The first-order valence-corrected chi connectivity index (χ1v) is 9.64. The Balaban J connectivity index is 2.06. The van der Waals surface area contributed by atoms with E-state index in [1.165, 1.54) is 32.3 Å². The number of likely N-dealkylation sites (tertiary alicyclic amines) is 1. The standard InChI is InChI=1S/C15H19BrN2O5S/c1-17(2)24(21,22)13-10-11(5-6-12(13)16)15(20)23-9-8-18-7-3-4-14(18)19/h5-6,10H,3-4,7-9H2,1-2H3. The Kier molecular flexibility index (Phi) is 6.00. The second-order valence-corrected chi connectivity index (χ2v) is 8.53. The van der Waals surface area contributed by atoms with Crippen molar-refractivity contribution in [3.05, 3.63) is 28.2 Å². The topological polar surface area (TPSA) is 84.0 Å². The summed E-state index contributed by atoms with van der Waals surface area (Å²) in [5.74, 6) is -0.557. The Hall–Kier alpha value is -1.45. The molecule has 0 unspecified atom stereocenters. The van der Waals surface area contributed by atoms with Crippen LogP contribution in [0.5, 0.6) is 0 Å². The molecular weight excluding hydrogens is 400 g/mol. The predicted molar refractivity (Wildman–Crippen MR) is 91.1 cm³/mol. The number of hydrogen-bond acceptors (Lipinski definition) is 5. The summed E-state index contributed by atoms with van der Waals surface area (Å²) >= 11 is 3.19. The van der Waals surface area contributed by atoms with Crippen LogP contribution in [0.4, 0.5) is 0 Å². The number of nitrogens with zero attached hydrogens (tertiary/aromatic N) is 2. The van der Waals surface area contributed by atoms with Crippen molar-refractivity contribution >= 4 is 37.8 Å². The van der Waals surface area contributed by atoms with E-state index in [-0.39, 0.29) is 23.0 Å². The van der Waals surface area contributed by atoms with Crippen LogP contribution in [0.1, 0.15) is 23.2 Å². The highest BCUT2D eigenvalue weighted by Gasteiger charge is 2.23. The van der Waals surface area contributed by atoms with Crippen molar-refractivity contribution in [2.24, 2.45) is 0 Å². The van der Waals surface area contributed by atoms with E-state index >= 15 is 0 Å². The van der Waals surface area contributed by atoms with Crippen LogP contribution in [0.3, 0.4) is 0 Å². The molecule has 0 radical (unpaired) electrons. The Labute approximate surface area is 149 Å². The molecule has 1 aliphatic rings. The molecule has 1 aliphatic heterocycles. The lowest BCUT2D eigenvalue weighted by molar-refractivity contribution is -0.128. The van der Waals surface area contributed by atoms with Gasteiger partial charge in [0.1, 0.15) is 6.61 Å². The maximum atomic E-state index is 12.3. The highest BCUT2D eigenvalue weighted by molar-refractivity contribution is 9.10. The van der Waals surface area contributed by atoms with Gasteiger partial charge in [-0.1, -0.05) is 0 Å². The number of sulfonamides is 1. The average molecular weight is 419 g/mol. The van der Waals surface area contributed by atoms with Gasteiger partial charge in [0.25, 0.3) is 0 Å². The number of esters is 1. The van der Waals surface area contributed by atoms with E-state index in [0.717, 1.165) is 10.7 Å². The normalized spacial score (nSPS) is 15.2. The number of halogens is 1. The van der Waals surface area contributed by atoms with Crippen molar-refractivity contribution in [2.75, 3.05) is 33.8 Å². The molecule has 0 atom stereocenters. The summed E-state index contributed by atoms with van der Waals surface area (Å²) in [5.41, 5.74) is 0.145. The maximum absolute atomic E-state index is 12.3. The zero-order chi connectivity index (χ0) is 17.9. The van der Waals surface area contributed by atoms with Crippen molar-refractivity contribution in [2.45, 2.75) is 17.7 Å². The van der Waals surface area contributed by atoms with Gasteiger partial charge in [-0.3, -0.25) is 4.79 Å². The fourth-order valence-corrected chi connectivity index (χ4v) is 4.14. The van der Waals surface area contributed by atoms with Crippen molar-refractivity contribution in [3.63, 3.8) is 0 Å². The van der Waals surface area contributed by atoms with E-state index in [2.05, 4.69) is 15.9 Å². The molecule has 1 heterocycles. The van der Waals surface area contributed by atoms with Crippen molar-refractivity contribution < 1.29 is 22.7 Å². The van der Waals surface area contributed by atoms with Gasteiger partial charge < -0.3 is 9.64 Å². The molecule has 0 bridgehead atoms. The molecule has 0 aliphatic carbocycles. The minimum Gasteiger partial charge on any atom is -0.460 e. The van der Waals surface area contributed by atoms with Crippen molar-refractivity contribution in [1.29, 1.82) is 0 Å². The van der Waals surface area contributed by atoms with Gasteiger partial charge in [-0.25, -0.2) is 17.5 Å². The number of benzene rings is 1. The third kappa shape index (κ3) is 4.14. The van der Waals surface area contributed by atoms with E-state index in [1.54, 1.807) is 4.90 Å². The summed E-state index contributed by atoms with van der Waals surface area (Å²) in [4.78, 5) is 25.2. The van der Waals surface area contributed by atoms with Crippen LogP contribution in [-0.4, -0.2) is 63.3 Å². The molecule has 7 nitrogen and oxygen atoms in total. The van der Waals surface area contributed by atoms with E-state index in [1.807, 2.05) is 0 Å². The fraction of sp³-hybridized carbons (Fsp3) is 0.467. The van der Waals surface area contributed by atoms with Crippen LogP contribution in [0, 0.1) is 0 Å². The minimum atomic E-state index is -3.68. The molecule has 0 spiro atoms. The minimum absolute atomic E-state index is 0.00308. The van der Waals surface area contributed by atoms with Gasteiger partial charge in [0.05, 0.1) is 17.0 Å². The average Bonchev–Trinajstić information content (AvgIpc) is 2.92. The molecule has 1 aromatic rings. The summed E-state index contributed by atoms with van der Waals surface area (Å²) in [5, 5.41) is 0. The third-order valence-electron chi connectivity index (χ3n) is 3.69. The quantitative estimate of drug-likeness (QED) is 0.653. The first kappa shape index (κ1) is 18.9. The summed E-state index contributed by atoms with van der Waals surface area (Å²) in [6, 6.07) is 4.27. The molecule has 1 aromatic carbocycles. The highest BCUT2D eigenvalue weighted by atomic mass is 79.9. The molecule has 0 aromatic heterocycles. The zero-order valence-corrected chi connectivity index (χ0v) is 15.9. The van der Waals surface area contributed by atoms with Gasteiger partial charge in [0, 0.05) is 31.5 Å². The monoisotopic (exact) mass is 418 g/mol. The Morgan fingerprint density at radius 1 is 1.38 bits per heavy atom. The summed E-state index contributed by atoms with van der Waals surface area (Å²) in [7, 11) is -0.846. The molecular formula is C15H19BrN2O5S. The van der Waals surface area contributed by atoms with Crippen LogP contribution in [0.2, 0.25) is 0 Å². The number of carbonyl (C=O) groups excluding carboxylic acids is 2. The van der Waals surface area contributed by atoms with Crippen LogP contribution in [-0.2, 0) is 19.6 Å². The highest BCUT2D eigenvalue weighted by Crippen LogP contribution is 2.25. The molecule has 0 saturated carbocycles. The molecule has 1 saturated heterocycles. The van der Waals surface area contributed by atoms with E-state index in [0.29, 0.717) is 24.0 Å². The van der Waals surface area contributed by atoms with Gasteiger partial charge in [-0.15, -0.1) is 0 Å². The number of ether oxygens (including phenoxy) is 1. The van der Waals surface area contributed by atoms with Crippen LogP contribution >= 0.6 is 15.9 Å². The van der Waals surface area contributed by atoms with Crippen molar-refractivity contribution in [1.82, 2.24) is 9.21 Å². The first-order chi connectivity index (χ1) is 11.2. The van der Waals surface area contributed by atoms with Crippen LogP contribution < -0.4 is 0 Å².